The van der Waals surface area contributed by atoms with Crippen molar-refractivity contribution in [3.05, 3.63) is 59.2 Å². The Kier molecular flexibility index (Phi) is 6.01. The summed E-state index contributed by atoms with van der Waals surface area (Å²) in [5, 5.41) is 3.48. The summed E-state index contributed by atoms with van der Waals surface area (Å²) in [7, 11) is 0. The second-order valence-electron chi connectivity index (χ2n) is 5.58. The Hall–Kier alpha value is -1.60. The average molecular weight is 281 g/mol. The predicted molar refractivity (Wildman–Crippen MR) is 92.6 cm³/mol. The number of rotatable bonds is 7. The van der Waals surface area contributed by atoms with E-state index in [9.17, 15) is 0 Å². The van der Waals surface area contributed by atoms with Crippen LogP contribution in [0.4, 0.5) is 0 Å². The van der Waals surface area contributed by atoms with Gasteiger partial charge in [-0.15, -0.1) is 0 Å². The van der Waals surface area contributed by atoms with Crippen molar-refractivity contribution >= 4 is 0 Å². The first-order valence-electron chi connectivity index (χ1n) is 8.20. The highest BCUT2D eigenvalue weighted by molar-refractivity contribution is 5.69. The number of hydrogen-bond acceptors (Lipinski definition) is 1. The number of nitrogens with one attached hydrogen (secondary N) is 1. The molecule has 0 spiro atoms. The van der Waals surface area contributed by atoms with Crippen molar-refractivity contribution in [3.63, 3.8) is 0 Å². The molecule has 1 nitrogen and oxygen atoms in total. The van der Waals surface area contributed by atoms with Gasteiger partial charge in [0.15, 0.2) is 0 Å². The molecular formula is C20H27N. The third-order valence-electron chi connectivity index (χ3n) is 3.96. The van der Waals surface area contributed by atoms with E-state index in [1.165, 1.54) is 34.2 Å². The van der Waals surface area contributed by atoms with Crippen molar-refractivity contribution in [1.82, 2.24) is 5.32 Å². The maximum atomic E-state index is 3.48. The maximum absolute atomic E-state index is 3.48. The van der Waals surface area contributed by atoms with E-state index in [1.54, 1.807) is 0 Å². The van der Waals surface area contributed by atoms with E-state index in [2.05, 4.69) is 68.6 Å². The van der Waals surface area contributed by atoms with Gasteiger partial charge in [0, 0.05) is 6.54 Å². The Morgan fingerprint density at radius 2 is 1.71 bits per heavy atom. The third kappa shape index (κ3) is 4.18. The van der Waals surface area contributed by atoms with Crippen LogP contribution in [0.3, 0.4) is 0 Å². The summed E-state index contributed by atoms with van der Waals surface area (Å²) in [6.07, 6.45) is 3.35. The van der Waals surface area contributed by atoms with Crippen molar-refractivity contribution < 1.29 is 0 Å². The molecule has 2 aromatic carbocycles. The molecule has 0 amide bonds. The molecule has 0 aromatic heterocycles. The maximum Gasteiger partial charge on any atom is 0.0205 e. The van der Waals surface area contributed by atoms with Crippen LogP contribution in [0.2, 0.25) is 0 Å². The van der Waals surface area contributed by atoms with Gasteiger partial charge in [-0.05, 0) is 59.7 Å². The lowest BCUT2D eigenvalue weighted by atomic mass is 9.94. The fraction of sp³-hybridized carbons (Fsp3) is 0.400. The summed E-state index contributed by atoms with van der Waals surface area (Å²) < 4.78 is 0. The van der Waals surface area contributed by atoms with Gasteiger partial charge in [0.05, 0.1) is 0 Å². The fourth-order valence-electron chi connectivity index (χ4n) is 2.68. The molecule has 0 atom stereocenters. The van der Waals surface area contributed by atoms with E-state index in [0.717, 1.165) is 25.9 Å². The zero-order valence-corrected chi connectivity index (χ0v) is 13.6. The van der Waals surface area contributed by atoms with Crippen molar-refractivity contribution in [2.45, 2.75) is 46.6 Å². The van der Waals surface area contributed by atoms with E-state index in [-0.39, 0.29) is 0 Å². The minimum Gasteiger partial charge on any atom is -0.313 e. The average Bonchev–Trinajstić information content (AvgIpc) is 2.55. The zero-order valence-electron chi connectivity index (χ0n) is 13.6. The second kappa shape index (κ2) is 7.99. The molecule has 2 rings (SSSR count). The first-order valence-corrected chi connectivity index (χ1v) is 8.20. The molecule has 112 valence electrons. The zero-order chi connectivity index (χ0) is 15.1. The van der Waals surface area contributed by atoms with Gasteiger partial charge >= 0.3 is 0 Å². The largest absolute Gasteiger partial charge is 0.313 e. The van der Waals surface area contributed by atoms with Crippen LogP contribution in [0.1, 0.15) is 43.9 Å². The van der Waals surface area contributed by atoms with E-state index < -0.39 is 0 Å². The highest BCUT2D eigenvalue weighted by atomic mass is 14.8. The first-order chi connectivity index (χ1) is 10.3. The molecule has 0 heterocycles. The fourth-order valence-corrected chi connectivity index (χ4v) is 2.68. The third-order valence-corrected chi connectivity index (χ3v) is 3.96. The van der Waals surface area contributed by atoms with Crippen LogP contribution < -0.4 is 5.32 Å². The quantitative estimate of drug-likeness (QED) is 0.706. The van der Waals surface area contributed by atoms with Gasteiger partial charge in [0.2, 0.25) is 0 Å². The Morgan fingerprint density at radius 1 is 0.857 bits per heavy atom. The van der Waals surface area contributed by atoms with Gasteiger partial charge in [-0.25, -0.2) is 0 Å². The second-order valence-corrected chi connectivity index (χ2v) is 5.58. The summed E-state index contributed by atoms with van der Waals surface area (Å²) in [6, 6.07) is 15.9. The molecule has 0 aliphatic heterocycles. The van der Waals surface area contributed by atoms with Gasteiger partial charge < -0.3 is 5.32 Å². The Morgan fingerprint density at radius 3 is 2.43 bits per heavy atom. The summed E-state index contributed by atoms with van der Waals surface area (Å²) in [4.78, 5) is 0. The summed E-state index contributed by atoms with van der Waals surface area (Å²) in [6.45, 7) is 8.69. The topological polar surface area (TPSA) is 12.0 Å². The van der Waals surface area contributed by atoms with Crippen LogP contribution in [0.15, 0.2) is 42.5 Å². The van der Waals surface area contributed by atoms with Gasteiger partial charge in [0.25, 0.3) is 0 Å². The van der Waals surface area contributed by atoms with Crippen molar-refractivity contribution in [2.75, 3.05) is 6.54 Å². The molecule has 0 aliphatic carbocycles. The van der Waals surface area contributed by atoms with E-state index in [4.69, 9.17) is 0 Å². The molecule has 21 heavy (non-hydrogen) atoms. The van der Waals surface area contributed by atoms with Crippen LogP contribution in [-0.2, 0) is 19.4 Å². The SMILES string of the molecule is CCCNCc1cccc(-c2cc(CC)ccc2CC)c1. The Labute approximate surface area is 129 Å². The normalized spacial score (nSPS) is 10.8. The van der Waals surface area contributed by atoms with E-state index >= 15 is 0 Å². The monoisotopic (exact) mass is 281 g/mol. The van der Waals surface area contributed by atoms with Gasteiger partial charge in [-0.2, -0.15) is 0 Å². The number of benzene rings is 2. The lowest BCUT2D eigenvalue weighted by Crippen LogP contribution is -2.13. The standard InChI is InChI=1S/C20H27N/c1-4-12-21-15-17-8-7-9-19(13-17)20-14-16(5-2)10-11-18(20)6-3/h7-11,13-14,21H,4-6,12,15H2,1-3H3. The molecule has 1 N–H and O–H groups in total. The molecule has 0 aliphatic rings. The minimum absolute atomic E-state index is 0.955. The minimum atomic E-state index is 0.955. The van der Waals surface area contributed by atoms with Crippen LogP contribution >= 0.6 is 0 Å². The first kappa shape index (κ1) is 15.8. The highest BCUT2D eigenvalue weighted by Crippen LogP contribution is 2.26. The van der Waals surface area contributed by atoms with Crippen LogP contribution in [-0.4, -0.2) is 6.54 Å². The Bertz CT molecular complexity index is 572. The van der Waals surface area contributed by atoms with Gasteiger partial charge in [-0.3, -0.25) is 0 Å². The number of hydrogen-bond donors (Lipinski definition) is 1. The van der Waals surface area contributed by atoms with Gasteiger partial charge in [0.1, 0.15) is 0 Å². The lowest BCUT2D eigenvalue weighted by molar-refractivity contribution is 0.675. The van der Waals surface area contributed by atoms with Crippen molar-refractivity contribution in [2.24, 2.45) is 0 Å². The molecule has 0 bridgehead atoms. The number of aryl methyl sites for hydroxylation is 2. The molecule has 0 radical (unpaired) electrons. The highest BCUT2D eigenvalue weighted by Gasteiger charge is 2.06. The van der Waals surface area contributed by atoms with Crippen LogP contribution in [0.25, 0.3) is 11.1 Å². The summed E-state index contributed by atoms with van der Waals surface area (Å²) in [5.41, 5.74) is 6.96. The molecule has 0 unspecified atom stereocenters. The Balaban J connectivity index is 2.30. The summed E-state index contributed by atoms with van der Waals surface area (Å²) >= 11 is 0. The van der Waals surface area contributed by atoms with Crippen molar-refractivity contribution in [1.29, 1.82) is 0 Å². The molecule has 0 saturated heterocycles. The van der Waals surface area contributed by atoms with Crippen LogP contribution in [0, 0.1) is 0 Å². The molecule has 1 heteroatoms. The smallest absolute Gasteiger partial charge is 0.0205 e. The molecule has 2 aromatic rings. The van der Waals surface area contributed by atoms with Crippen LogP contribution in [0.5, 0.6) is 0 Å². The summed E-state index contributed by atoms with van der Waals surface area (Å²) in [5.74, 6) is 0. The molecule has 0 saturated carbocycles. The van der Waals surface area contributed by atoms with E-state index in [0.29, 0.717) is 0 Å². The molecular weight excluding hydrogens is 254 g/mol. The van der Waals surface area contributed by atoms with Crippen molar-refractivity contribution in [3.8, 4) is 11.1 Å². The predicted octanol–water partition coefficient (Wildman–Crippen LogP) is 4.98. The van der Waals surface area contributed by atoms with Gasteiger partial charge in [-0.1, -0.05) is 57.2 Å². The lowest BCUT2D eigenvalue weighted by Gasteiger charge is -2.12. The van der Waals surface area contributed by atoms with E-state index in [1.807, 2.05) is 0 Å². The molecule has 0 fully saturated rings.